The molecule has 1 amide bonds. The number of hydrogen-bond acceptors (Lipinski definition) is 3. The third-order valence-electron chi connectivity index (χ3n) is 3.46. The topological polar surface area (TPSA) is 47.6 Å². The van der Waals surface area contributed by atoms with Crippen LogP contribution in [-0.2, 0) is 11.3 Å². The van der Waals surface area contributed by atoms with Crippen molar-refractivity contribution in [2.45, 2.75) is 46.4 Å². The lowest BCUT2D eigenvalue weighted by molar-refractivity contribution is -0.127. The highest BCUT2D eigenvalue weighted by Gasteiger charge is 2.14. The molecule has 2 rings (SSSR count). The van der Waals surface area contributed by atoms with E-state index >= 15 is 0 Å². The van der Waals surface area contributed by atoms with Crippen molar-refractivity contribution >= 4 is 5.91 Å². The zero-order valence-corrected chi connectivity index (χ0v) is 14.7. The largest absolute Gasteiger partial charge is 0.491 e. The summed E-state index contributed by atoms with van der Waals surface area (Å²) in [6, 6.07) is 15.4. The van der Waals surface area contributed by atoms with E-state index in [0.717, 1.165) is 16.9 Å². The van der Waals surface area contributed by atoms with Crippen LogP contribution in [0.1, 0.15) is 31.9 Å². The summed E-state index contributed by atoms with van der Waals surface area (Å²) in [4.78, 5) is 12.1. The first-order valence-corrected chi connectivity index (χ1v) is 8.20. The molecule has 4 nitrogen and oxygen atoms in total. The quantitative estimate of drug-likeness (QED) is 0.840. The molecule has 0 aliphatic rings. The Labute approximate surface area is 143 Å². The summed E-state index contributed by atoms with van der Waals surface area (Å²) in [5, 5.41) is 2.89. The van der Waals surface area contributed by atoms with E-state index in [1.54, 1.807) is 6.92 Å². The molecule has 1 N–H and O–H groups in total. The van der Waals surface area contributed by atoms with Gasteiger partial charge in [0.1, 0.15) is 11.5 Å². The molecule has 0 bridgehead atoms. The van der Waals surface area contributed by atoms with Crippen molar-refractivity contribution in [2.75, 3.05) is 0 Å². The van der Waals surface area contributed by atoms with E-state index in [0.29, 0.717) is 12.3 Å². The maximum atomic E-state index is 12.1. The van der Waals surface area contributed by atoms with Gasteiger partial charge in [-0.3, -0.25) is 4.79 Å². The summed E-state index contributed by atoms with van der Waals surface area (Å²) in [6.07, 6.45) is -0.397. The zero-order chi connectivity index (χ0) is 17.5. The molecule has 0 spiro atoms. The van der Waals surface area contributed by atoms with Crippen LogP contribution in [0.2, 0.25) is 0 Å². The molecule has 0 heterocycles. The molecule has 2 aromatic carbocycles. The van der Waals surface area contributed by atoms with E-state index in [9.17, 15) is 4.79 Å². The van der Waals surface area contributed by atoms with Gasteiger partial charge < -0.3 is 14.8 Å². The number of benzene rings is 2. The molecule has 0 radical (unpaired) electrons. The van der Waals surface area contributed by atoms with Gasteiger partial charge in [0.05, 0.1) is 6.10 Å². The van der Waals surface area contributed by atoms with Gasteiger partial charge in [-0.05, 0) is 57.5 Å². The van der Waals surface area contributed by atoms with Crippen molar-refractivity contribution in [3.63, 3.8) is 0 Å². The standard InChI is InChI=1S/C20H25NO3/c1-14(2)23-18-11-7-17(8-12-18)13-21-20(22)16(4)24-19-9-5-15(3)6-10-19/h5-12,14,16H,13H2,1-4H3,(H,21,22). The van der Waals surface area contributed by atoms with Crippen molar-refractivity contribution in [1.82, 2.24) is 5.32 Å². The van der Waals surface area contributed by atoms with Gasteiger partial charge in [0.25, 0.3) is 5.91 Å². The van der Waals surface area contributed by atoms with E-state index in [2.05, 4.69) is 5.32 Å². The average Bonchev–Trinajstić information content (AvgIpc) is 2.55. The van der Waals surface area contributed by atoms with Crippen LogP contribution in [0.3, 0.4) is 0 Å². The van der Waals surface area contributed by atoms with Crippen LogP contribution in [0.5, 0.6) is 11.5 Å². The SMILES string of the molecule is Cc1ccc(OC(C)C(=O)NCc2ccc(OC(C)C)cc2)cc1. The van der Waals surface area contributed by atoms with E-state index < -0.39 is 6.10 Å². The second-order valence-corrected chi connectivity index (χ2v) is 6.10. The minimum absolute atomic E-state index is 0.141. The van der Waals surface area contributed by atoms with Crippen LogP contribution < -0.4 is 14.8 Å². The third kappa shape index (κ3) is 5.61. The minimum atomic E-state index is -0.545. The monoisotopic (exact) mass is 327 g/mol. The van der Waals surface area contributed by atoms with Gasteiger partial charge in [0, 0.05) is 6.54 Å². The molecule has 1 atom stereocenters. The molecule has 0 fully saturated rings. The zero-order valence-electron chi connectivity index (χ0n) is 14.7. The van der Waals surface area contributed by atoms with Crippen molar-refractivity contribution < 1.29 is 14.3 Å². The second kappa shape index (κ2) is 8.39. The lowest BCUT2D eigenvalue weighted by Crippen LogP contribution is -2.35. The van der Waals surface area contributed by atoms with Gasteiger partial charge in [-0.25, -0.2) is 0 Å². The van der Waals surface area contributed by atoms with Gasteiger partial charge in [-0.1, -0.05) is 29.8 Å². The summed E-state index contributed by atoms with van der Waals surface area (Å²) >= 11 is 0. The van der Waals surface area contributed by atoms with Gasteiger partial charge >= 0.3 is 0 Å². The summed E-state index contributed by atoms with van der Waals surface area (Å²) in [5.41, 5.74) is 2.17. The van der Waals surface area contributed by atoms with E-state index in [1.165, 1.54) is 0 Å². The van der Waals surface area contributed by atoms with Crippen LogP contribution in [-0.4, -0.2) is 18.1 Å². The molecule has 4 heteroatoms. The van der Waals surface area contributed by atoms with E-state index in [1.807, 2.05) is 69.3 Å². The first-order valence-electron chi connectivity index (χ1n) is 8.20. The lowest BCUT2D eigenvalue weighted by Gasteiger charge is -2.15. The highest BCUT2D eigenvalue weighted by atomic mass is 16.5. The average molecular weight is 327 g/mol. The van der Waals surface area contributed by atoms with E-state index in [-0.39, 0.29) is 12.0 Å². The molecule has 0 aliphatic carbocycles. The Kier molecular flexibility index (Phi) is 6.24. The fraction of sp³-hybridized carbons (Fsp3) is 0.350. The maximum Gasteiger partial charge on any atom is 0.261 e. The first kappa shape index (κ1) is 17.9. The molecule has 0 aliphatic heterocycles. The number of carbonyl (C=O) groups excluding carboxylic acids is 1. The molecule has 0 aromatic heterocycles. The molecule has 24 heavy (non-hydrogen) atoms. The Morgan fingerprint density at radius 3 is 2.04 bits per heavy atom. The normalized spacial score (nSPS) is 11.9. The van der Waals surface area contributed by atoms with Crippen molar-refractivity contribution in [2.24, 2.45) is 0 Å². The highest BCUT2D eigenvalue weighted by Crippen LogP contribution is 2.15. The van der Waals surface area contributed by atoms with Gasteiger partial charge in [0.2, 0.25) is 0 Å². The van der Waals surface area contributed by atoms with Gasteiger partial charge in [-0.15, -0.1) is 0 Å². The molecule has 128 valence electrons. The van der Waals surface area contributed by atoms with Crippen molar-refractivity contribution in [1.29, 1.82) is 0 Å². The molecule has 0 saturated heterocycles. The van der Waals surface area contributed by atoms with Gasteiger partial charge in [-0.2, -0.15) is 0 Å². The number of aryl methyl sites for hydroxylation is 1. The molecular weight excluding hydrogens is 302 g/mol. The Morgan fingerprint density at radius 2 is 1.46 bits per heavy atom. The number of rotatable bonds is 7. The van der Waals surface area contributed by atoms with Gasteiger partial charge in [0.15, 0.2) is 6.10 Å². The smallest absolute Gasteiger partial charge is 0.261 e. The Bertz CT molecular complexity index is 648. The Balaban J connectivity index is 1.82. The van der Waals surface area contributed by atoms with Crippen molar-refractivity contribution in [3.05, 3.63) is 59.7 Å². The molecule has 2 aromatic rings. The number of carbonyl (C=O) groups is 1. The van der Waals surface area contributed by atoms with E-state index in [4.69, 9.17) is 9.47 Å². The van der Waals surface area contributed by atoms with Crippen LogP contribution in [0.4, 0.5) is 0 Å². The fourth-order valence-electron chi connectivity index (χ4n) is 2.17. The number of hydrogen-bond donors (Lipinski definition) is 1. The Morgan fingerprint density at radius 1 is 0.917 bits per heavy atom. The Hall–Kier alpha value is -2.49. The predicted octanol–water partition coefficient (Wildman–Crippen LogP) is 3.87. The van der Waals surface area contributed by atoms with Crippen molar-refractivity contribution in [3.8, 4) is 11.5 Å². The summed E-state index contributed by atoms with van der Waals surface area (Å²) < 4.78 is 11.3. The molecule has 0 saturated carbocycles. The minimum Gasteiger partial charge on any atom is -0.491 e. The van der Waals surface area contributed by atoms with Crippen LogP contribution >= 0.6 is 0 Å². The fourth-order valence-corrected chi connectivity index (χ4v) is 2.17. The highest BCUT2D eigenvalue weighted by molar-refractivity contribution is 5.80. The summed E-state index contributed by atoms with van der Waals surface area (Å²) in [5.74, 6) is 1.38. The van der Waals surface area contributed by atoms with Crippen LogP contribution in [0, 0.1) is 6.92 Å². The molecule has 1 unspecified atom stereocenters. The summed E-state index contributed by atoms with van der Waals surface area (Å²) in [7, 11) is 0. The number of amides is 1. The third-order valence-corrected chi connectivity index (χ3v) is 3.46. The maximum absolute atomic E-state index is 12.1. The second-order valence-electron chi connectivity index (χ2n) is 6.10. The van der Waals surface area contributed by atoms with Crippen LogP contribution in [0.25, 0.3) is 0 Å². The molecular formula is C20H25NO3. The van der Waals surface area contributed by atoms with Crippen LogP contribution in [0.15, 0.2) is 48.5 Å². The lowest BCUT2D eigenvalue weighted by atomic mass is 10.2. The predicted molar refractivity (Wildman–Crippen MR) is 95.3 cm³/mol. The first-order chi connectivity index (χ1) is 11.4. The number of nitrogens with one attached hydrogen (secondary N) is 1. The number of ether oxygens (including phenoxy) is 2. The summed E-state index contributed by atoms with van der Waals surface area (Å²) in [6.45, 7) is 8.20.